The van der Waals surface area contributed by atoms with Gasteiger partial charge < -0.3 is 14.6 Å². The minimum Gasteiger partial charge on any atom is -0.381 e. The number of urea groups is 1. The highest BCUT2D eigenvalue weighted by Crippen LogP contribution is 2.38. The highest BCUT2D eigenvalue weighted by molar-refractivity contribution is 7.91. The van der Waals surface area contributed by atoms with E-state index in [0.717, 1.165) is 59.6 Å². The van der Waals surface area contributed by atoms with Gasteiger partial charge in [-0.25, -0.2) is 13.8 Å². The topological polar surface area (TPSA) is 138 Å². The molecule has 1 fully saturated rings. The summed E-state index contributed by atoms with van der Waals surface area (Å²) in [5.74, 6) is -0.0646. The number of fused-ring (bicyclic) bond motifs is 2. The largest absolute Gasteiger partial charge is 0.381 e. The Kier molecular flexibility index (Phi) is 5.95. The van der Waals surface area contributed by atoms with Crippen molar-refractivity contribution in [2.45, 2.75) is 64.3 Å². The first kappa shape index (κ1) is 22.7. The number of nitrogens with zero attached hydrogens (tertiary/aromatic N) is 3. The Labute approximate surface area is 198 Å². The van der Waals surface area contributed by atoms with Gasteiger partial charge in [-0.3, -0.25) is 0 Å². The second-order valence-electron chi connectivity index (χ2n) is 9.01. The molecule has 1 aromatic heterocycles. The zero-order valence-corrected chi connectivity index (χ0v) is 19.8. The minimum atomic E-state index is -4.37. The maximum atomic E-state index is 13.5. The van der Waals surface area contributed by atoms with Gasteiger partial charge in [-0.2, -0.15) is 13.7 Å². The Hall–Kier alpha value is -3.10. The van der Waals surface area contributed by atoms with Crippen LogP contribution in [-0.2, 0) is 40.6 Å². The lowest BCUT2D eigenvalue weighted by atomic mass is 9.99. The first-order valence-corrected chi connectivity index (χ1v) is 13.1. The number of carbonyl (C=O) groups excluding carboxylic acids is 1. The summed E-state index contributed by atoms with van der Waals surface area (Å²) in [7, 11) is -4.37. The predicted molar refractivity (Wildman–Crippen MR) is 124 cm³/mol. The third kappa shape index (κ3) is 4.01. The van der Waals surface area contributed by atoms with E-state index in [2.05, 4.69) is 21.3 Å². The number of nitrogens with one attached hydrogen (secondary N) is 2. The van der Waals surface area contributed by atoms with E-state index >= 15 is 0 Å². The highest BCUT2D eigenvalue weighted by Gasteiger charge is 2.37. The lowest BCUT2D eigenvalue weighted by Crippen LogP contribution is -2.51. The molecule has 0 radical (unpaired) electrons. The molecule has 2 amide bonds. The third-order valence-corrected chi connectivity index (χ3v) is 8.35. The number of nitriles is 1. The molecule has 2 aromatic rings. The van der Waals surface area contributed by atoms with Crippen LogP contribution in [0.25, 0.3) is 0 Å². The second-order valence-corrected chi connectivity index (χ2v) is 10.6. The zero-order valence-electron chi connectivity index (χ0n) is 19.0. The zero-order chi connectivity index (χ0) is 23.9. The molecule has 1 aromatic carbocycles. The van der Waals surface area contributed by atoms with Gasteiger partial charge in [-0.1, -0.05) is 11.2 Å². The van der Waals surface area contributed by atoms with Crippen LogP contribution in [0.2, 0.25) is 0 Å². The van der Waals surface area contributed by atoms with E-state index in [1.165, 1.54) is 11.1 Å². The fourth-order valence-corrected chi connectivity index (χ4v) is 6.68. The molecule has 0 bridgehead atoms. The van der Waals surface area contributed by atoms with Crippen LogP contribution in [0.3, 0.4) is 0 Å². The van der Waals surface area contributed by atoms with Gasteiger partial charge in [0.2, 0.25) is 5.88 Å². The van der Waals surface area contributed by atoms with Crippen molar-refractivity contribution in [3.8, 4) is 6.07 Å². The third-order valence-electron chi connectivity index (χ3n) is 6.92. The average molecular weight is 486 g/mol. The number of carbonyl (C=O) groups is 1. The molecular weight excluding hydrogens is 458 g/mol. The molecule has 1 saturated heterocycles. The van der Waals surface area contributed by atoms with Gasteiger partial charge in [0, 0.05) is 18.9 Å². The first-order chi connectivity index (χ1) is 16.4. The fourth-order valence-electron chi connectivity index (χ4n) is 5.30. The van der Waals surface area contributed by atoms with Gasteiger partial charge in [0.25, 0.3) is 0 Å². The standard InChI is InChI=1S/C23H27N5O5S/c1-14-20(13-24)26-33-22(14)28(17-8-10-32-11-9-17)34(30,31)27-23(29)25-21-18-6-2-4-15(18)12-16-5-3-7-19(16)21/h12,17H,2-11H2,1H3,(H2,25,27,29). The summed E-state index contributed by atoms with van der Waals surface area (Å²) in [6.45, 7) is 2.33. The molecular formula is C23H27N5O5S. The van der Waals surface area contributed by atoms with E-state index in [1.54, 1.807) is 6.92 Å². The molecule has 3 aliphatic rings. The maximum Gasteiger partial charge on any atom is 0.334 e. The molecule has 10 nitrogen and oxygen atoms in total. The molecule has 34 heavy (non-hydrogen) atoms. The van der Waals surface area contributed by atoms with Crippen LogP contribution in [0.15, 0.2) is 10.6 Å². The van der Waals surface area contributed by atoms with Crippen molar-refractivity contribution in [1.29, 1.82) is 5.26 Å². The van der Waals surface area contributed by atoms with Gasteiger partial charge in [0.15, 0.2) is 5.69 Å². The normalized spacial score (nSPS) is 17.6. The Balaban J connectivity index is 1.44. The van der Waals surface area contributed by atoms with Gasteiger partial charge >= 0.3 is 16.2 Å². The van der Waals surface area contributed by atoms with Crippen molar-refractivity contribution in [2.75, 3.05) is 22.8 Å². The molecule has 2 heterocycles. The molecule has 2 aliphatic carbocycles. The molecule has 5 rings (SSSR count). The molecule has 11 heteroatoms. The Morgan fingerprint density at radius 2 is 1.79 bits per heavy atom. The lowest BCUT2D eigenvalue weighted by molar-refractivity contribution is 0.0867. The molecule has 2 N–H and O–H groups in total. The summed E-state index contributed by atoms with van der Waals surface area (Å²) in [4.78, 5) is 13.0. The smallest absolute Gasteiger partial charge is 0.334 e. The van der Waals surface area contributed by atoms with Crippen LogP contribution in [0, 0.1) is 18.3 Å². The van der Waals surface area contributed by atoms with E-state index < -0.39 is 22.3 Å². The van der Waals surface area contributed by atoms with Crippen LogP contribution in [-0.4, -0.2) is 38.9 Å². The van der Waals surface area contributed by atoms with Gasteiger partial charge in [0.1, 0.15) is 6.07 Å². The number of aromatic nitrogens is 1. The molecule has 0 spiro atoms. The van der Waals surface area contributed by atoms with Gasteiger partial charge in [-0.05, 0) is 80.5 Å². The van der Waals surface area contributed by atoms with Crippen LogP contribution >= 0.6 is 0 Å². The summed E-state index contributed by atoms with van der Waals surface area (Å²) in [5.41, 5.74) is 5.77. The second kappa shape index (κ2) is 8.92. The van der Waals surface area contributed by atoms with E-state index in [1.807, 2.05) is 6.07 Å². The average Bonchev–Trinajstić information content (AvgIpc) is 3.54. The first-order valence-electron chi connectivity index (χ1n) is 11.6. The SMILES string of the molecule is Cc1c(C#N)noc1N(C1CCOCC1)S(=O)(=O)NC(=O)Nc1c2c(cc3c1CCC3)CCC2. The van der Waals surface area contributed by atoms with Crippen molar-refractivity contribution in [2.24, 2.45) is 0 Å². The summed E-state index contributed by atoms with van der Waals surface area (Å²) in [6.07, 6.45) is 6.57. The molecule has 0 atom stereocenters. The molecule has 0 unspecified atom stereocenters. The van der Waals surface area contributed by atoms with Crippen molar-refractivity contribution in [3.05, 3.63) is 39.6 Å². The summed E-state index contributed by atoms with van der Waals surface area (Å²) in [5, 5.41) is 15.8. The number of hydrogen-bond donors (Lipinski definition) is 2. The lowest BCUT2D eigenvalue weighted by Gasteiger charge is -2.32. The van der Waals surface area contributed by atoms with Gasteiger partial charge in [0.05, 0.1) is 11.6 Å². The van der Waals surface area contributed by atoms with Crippen LogP contribution in [0.4, 0.5) is 16.4 Å². The van der Waals surface area contributed by atoms with Crippen molar-refractivity contribution in [1.82, 2.24) is 9.88 Å². The number of hydrogen-bond acceptors (Lipinski definition) is 7. The van der Waals surface area contributed by atoms with Crippen LogP contribution in [0.1, 0.15) is 59.2 Å². The quantitative estimate of drug-likeness (QED) is 0.664. The number of ether oxygens (including phenoxy) is 1. The number of anilines is 2. The van der Waals surface area contributed by atoms with Crippen LogP contribution in [0.5, 0.6) is 0 Å². The Morgan fingerprint density at radius 3 is 2.38 bits per heavy atom. The van der Waals surface area contributed by atoms with Crippen molar-refractivity contribution < 1.29 is 22.5 Å². The predicted octanol–water partition coefficient (Wildman–Crippen LogP) is 2.88. The van der Waals surface area contributed by atoms with E-state index in [0.29, 0.717) is 31.6 Å². The number of amides is 2. The molecule has 0 saturated carbocycles. The number of benzene rings is 1. The van der Waals surface area contributed by atoms with Crippen molar-refractivity contribution in [3.63, 3.8) is 0 Å². The molecule has 180 valence electrons. The van der Waals surface area contributed by atoms with Gasteiger partial charge in [-0.15, -0.1) is 0 Å². The number of rotatable bonds is 5. The molecule has 1 aliphatic heterocycles. The van der Waals surface area contributed by atoms with E-state index in [9.17, 15) is 18.5 Å². The fraction of sp³-hybridized carbons (Fsp3) is 0.522. The summed E-state index contributed by atoms with van der Waals surface area (Å²) >= 11 is 0. The minimum absolute atomic E-state index is 0.00196. The summed E-state index contributed by atoms with van der Waals surface area (Å²) in [6, 6.07) is 2.83. The van der Waals surface area contributed by atoms with E-state index in [-0.39, 0.29) is 11.6 Å². The van der Waals surface area contributed by atoms with Crippen LogP contribution < -0.4 is 14.3 Å². The van der Waals surface area contributed by atoms with E-state index in [4.69, 9.17) is 9.26 Å². The Morgan fingerprint density at radius 1 is 1.15 bits per heavy atom. The van der Waals surface area contributed by atoms with Crippen molar-refractivity contribution >= 4 is 27.8 Å². The monoisotopic (exact) mass is 485 g/mol. The maximum absolute atomic E-state index is 13.5. The highest BCUT2D eigenvalue weighted by atomic mass is 32.2. The Bertz CT molecular complexity index is 1240. The number of aryl methyl sites for hydroxylation is 2. The summed E-state index contributed by atoms with van der Waals surface area (Å²) < 4.78 is 40.8.